The van der Waals surface area contributed by atoms with Gasteiger partial charge in [-0.25, -0.2) is 4.98 Å². The zero-order valence-corrected chi connectivity index (χ0v) is 10.6. The number of nitrogens with one attached hydrogen (secondary N) is 1. The number of rotatable bonds is 2. The standard InChI is InChI=1S/C11H14N4OS/c1-6-3-7(4-6)15-9-8(14-11(15)17)10(16-2)13-5-12-9/h5-7H,3-4H2,1-2H3,(H,14,17). The molecule has 0 bridgehead atoms. The zero-order chi connectivity index (χ0) is 12.0. The number of hydrogen-bond acceptors (Lipinski definition) is 4. The van der Waals surface area contributed by atoms with Gasteiger partial charge in [-0.2, -0.15) is 4.98 Å². The van der Waals surface area contributed by atoms with E-state index in [0.717, 1.165) is 29.9 Å². The molecule has 2 heterocycles. The third-order valence-electron chi connectivity index (χ3n) is 3.38. The van der Waals surface area contributed by atoms with Gasteiger partial charge in [0.05, 0.1) is 7.11 Å². The number of ether oxygens (including phenoxy) is 1. The van der Waals surface area contributed by atoms with Crippen LogP contribution in [0.25, 0.3) is 11.2 Å². The van der Waals surface area contributed by atoms with Crippen LogP contribution in [-0.2, 0) is 0 Å². The third kappa shape index (κ3) is 1.55. The Labute approximate surface area is 104 Å². The molecule has 1 N–H and O–H groups in total. The topological polar surface area (TPSA) is 55.7 Å². The quantitative estimate of drug-likeness (QED) is 0.832. The van der Waals surface area contributed by atoms with Crippen molar-refractivity contribution in [3.8, 4) is 5.88 Å². The van der Waals surface area contributed by atoms with E-state index >= 15 is 0 Å². The van der Waals surface area contributed by atoms with E-state index in [1.165, 1.54) is 6.33 Å². The minimum absolute atomic E-state index is 0.464. The molecule has 2 aromatic heterocycles. The second-order valence-corrected chi connectivity index (χ2v) is 5.00. The van der Waals surface area contributed by atoms with Crippen LogP contribution in [-0.4, -0.2) is 26.6 Å². The van der Waals surface area contributed by atoms with Gasteiger partial charge < -0.3 is 9.72 Å². The van der Waals surface area contributed by atoms with Gasteiger partial charge in [0.1, 0.15) is 11.8 Å². The lowest BCUT2D eigenvalue weighted by atomic mass is 9.82. The summed E-state index contributed by atoms with van der Waals surface area (Å²) in [5.74, 6) is 1.32. The number of imidazole rings is 1. The average molecular weight is 250 g/mol. The third-order valence-corrected chi connectivity index (χ3v) is 3.68. The molecule has 6 heteroatoms. The molecule has 5 nitrogen and oxygen atoms in total. The second kappa shape index (κ2) is 3.80. The Morgan fingerprint density at radius 2 is 2.24 bits per heavy atom. The van der Waals surface area contributed by atoms with Gasteiger partial charge in [0.15, 0.2) is 10.4 Å². The molecule has 3 rings (SSSR count). The minimum Gasteiger partial charge on any atom is -0.479 e. The Morgan fingerprint density at radius 3 is 2.88 bits per heavy atom. The fourth-order valence-corrected chi connectivity index (χ4v) is 2.82. The first-order valence-corrected chi connectivity index (χ1v) is 6.10. The summed E-state index contributed by atoms with van der Waals surface area (Å²) in [5.41, 5.74) is 1.64. The maximum atomic E-state index is 5.36. The van der Waals surface area contributed by atoms with Crippen molar-refractivity contribution in [2.45, 2.75) is 25.8 Å². The lowest BCUT2D eigenvalue weighted by Gasteiger charge is -2.33. The monoisotopic (exact) mass is 250 g/mol. The van der Waals surface area contributed by atoms with E-state index in [1.807, 2.05) is 0 Å². The summed E-state index contributed by atoms with van der Waals surface area (Å²) in [4.78, 5) is 11.5. The van der Waals surface area contributed by atoms with Crippen LogP contribution in [0.4, 0.5) is 0 Å². The van der Waals surface area contributed by atoms with E-state index in [1.54, 1.807) is 7.11 Å². The van der Waals surface area contributed by atoms with Gasteiger partial charge in [0, 0.05) is 6.04 Å². The number of nitrogens with zero attached hydrogens (tertiary/aromatic N) is 3. The first kappa shape index (κ1) is 10.7. The molecule has 90 valence electrons. The van der Waals surface area contributed by atoms with Crippen LogP contribution < -0.4 is 4.74 Å². The van der Waals surface area contributed by atoms with E-state index in [-0.39, 0.29) is 0 Å². The van der Waals surface area contributed by atoms with E-state index in [4.69, 9.17) is 17.0 Å². The minimum atomic E-state index is 0.464. The molecular weight excluding hydrogens is 236 g/mol. The van der Waals surface area contributed by atoms with Crippen molar-refractivity contribution in [2.24, 2.45) is 5.92 Å². The van der Waals surface area contributed by atoms with Gasteiger partial charge in [-0.1, -0.05) is 6.92 Å². The summed E-state index contributed by atoms with van der Waals surface area (Å²) in [7, 11) is 1.60. The highest BCUT2D eigenvalue weighted by Gasteiger charge is 2.29. The molecule has 0 saturated heterocycles. The Hall–Kier alpha value is -1.43. The molecule has 0 amide bonds. The molecule has 1 aliphatic carbocycles. The Balaban J connectivity index is 2.18. The first-order chi connectivity index (χ1) is 8.20. The van der Waals surface area contributed by atoms with Gasteiger partial charge in [0.2, 0.25) is 5.88 Å². The van der Waals surface area contributed by atoms with Crippen LogP contribution >= 0.6 is 12.2 Å². The number of hydrogen-bond donors (Lipinski definition) is 1. The molecule has 0 radical (unpaired) electrons. The van der Waals surface area contributed by atoms with E-state index in [0.29, 0.717) is 16.7 Å². The predicted molar refractivity (Wildman–Crippen MR) is 66.7 cm³/mol. The second-order valence-electron chi connectivity index (χ2n) is 4.61. The smallest absolute Gasteiger partial charge is 0.242 e. The summed E-state index contributed by atoms with van der Waals surface area (Å²) in [6.45, 7) is 2.25. The predicted octanol–water partition coefficient (Wildman–Crippen LogP) is 2.47. The van der Waals surface area contributed by atoms with Crippen molar-refractivity contribution in [3.63, 3.8) is 0 Å². The molecule has 2 aromatic rings. The number of H-pyrrole nitrogens is 1. The fourth-order valence-electron chi connectivity index (χ4n) is 2.48. The molecular formula is C11H14N4OS. The van der Waals surface area contributed by atoms with Crippen LogP contribution in [0.15, 0.2) is 6.33 Å². The SMILES string of the molecule is COc1ncnc2c1[nH]c(=S)n2C1CC(C)C1. The van der Waals surface area contributed by atoms with Crippen LogP contribution in [0, 0.1) is 10.7 Å². The van der Waals surface area contributed by atoms with Crippen molar-refractivity contribution in [3.05, 3.63) is 11.1 Å². The van der Waals surface area contributed by atoms with Gasteiger partial charge in [-0.05, 0) is 31.0 Å². The number of aromatic nitrogens is 4. The van der Waals surface area contributed by atoms with Crippen LogP contribution in [0.1, 0.15) is 25.8 Å². The highest BCUT2D eigenvalue weighted by molar-refractivity contribution is 7.71. The summed E-state index contributed by atoms with van der Waals surface area (Å²) >= 11 is 5.36. The number of fused-ring (bicyclic) bond motifs is 1. The van der Waals surface area contributed by atoms with Crippen molar-refractivity contribution >= 4 is 23.4 Å². The largest absolute Gasteiger partial charge is 0.479 e. The molecule has 0 aromatic carbocycles. The summed E-state index contributed by atoms with van der Waals surface area (Å²) in [5, 5.41) is 0. The normalized spacial score (nSPS) is 23.6. The van der Waals surface area contributed by atoms with Crippen molar-refractivity contribution < 1.29 is 4.74 Å². The van der Waals surface area contributed by atoms with E-state index in [2.05, 4.69) is 26.4 Å². The highest BCUT2D eigenvalue weighted by Crippen LogP contribution is 2.39. The maximum absolute atomic E-state index is 5.36. The van der Waals surface area contributed by atoms with Crippen LogP contribution in [0.3, 0.4) is 0 Å². The number of methoxy groups -OCH3 is 1. The average Bonchev–Trinajstić information content (AvgIpc) is 2.60. The van der Waals surface area contributed by atoms with Crippen molar-refractivity contribution in [1.82, 2.24) is 19.5 Å². The zero-order valence-electron chi connectivity index (χ0n) is 9.80. The first-order valence-electron chi connectivity index (χ1n) is 5.70. The summed E-state index contributed by atoms with van der Waals surface area (Å²) in [6.07, 6.45) is 3.84. The van der Waals surface area contributed by atoms with Gasteiger partial charge >= 0.3 is 0 Å². The fraction of sp³-hybridized carbons (Fsp3) is 0.545. The van der Waals surface area contributed by atoms with Gasteiger partial charge in [0.25, 0.3) is 0 Å². The maximum Gasteiger partial charge on any atom is 0.242 e. The molecule has 1 saturated carbocycles. The van der Waals surface area contributed by atoms with Gasteiger partial charge in [-0.15, -0.1) is 0 Å². The molecule has 0 atom stereocenters. The summed E-state index contributed by atoms with van der Waals surface area (Å²) in [6, 6.07) is 0.464. The number of aromatic amines is 1. The molecule has 1 fully saturated rings. The molecule has 0 spiro atoms. The molecule has 0 aliphatic heterocycles. The highest BCUT2D eigenvalue weighted by atomic mass is 32.1. The molecule has 1 aliphatic rings. The lowest BCUT2D eigenvalue weighted by molar-refractivity contribution is 0.218. The molecule has 17 heavy (non-hydrogen) atoms. The van der Waals surface area contributed by atoms with Crippen LogP contribution in [0.2, 0.25) is 0 Å². The van der Waals surface area contributed by atoms with Crippen molar-refractivity contribution in [2.75, 3.05) is 7.11 Å². The van der Waals surface area contributed by atoms with Crippen molar-refractivity contribution in [1.29, 1.82) is 0 Å². The van der Waals surface area contributed by atoms with E-state index in [9.17, 15) is 0 Å². The summed E-state index contributed by atoms with van der Waals surface area (Å²) < 4.78 is 8.00. The van der Waals surface area contributed by atoms with Crippen LogP contribution in [0.5, 0.6) is 5.88 Å². The Morgan fingerprint density at radius 1 is 1.47 bits per heavy atom. The van der Waals surface area contributed by atoms with Gasteiger partial charge in [-0.3, -0.25) is 4.57 Å². The molecule has 0 unspecified atom stereocenters. The van der Waals surface area contributed by atoms with E-state index < -0.39 is 0 Å². The lowest BCUT2D eigenvalue weighted by Crippen LogP contribution is -2.24. The Kier molecular flexibility index (Phi) is 2.39. The Bertz CT molecular complexity index is 611.